The van der Waals surface area contributed by atoms with Crippen molar-refractivity contribution in [3.8, 4) is 0 Å². The van der Waals surface area contributed by atoms with E-state index in [0.717, 1.165) is 5.56 Å². The molecule has 17 heavy (non-hydrogen) atoms. The van der Waals surface area contributed by atoms with Gasteiger partial charge in [-0.2, -0.15) is 8.78 Å². The first kappa shape index (κ1) is 14.1. The number of Topliss-reactive ketones (excluding diaryl/α,β-unsaturated/α-hetero) is 1. The van der Waals surface area contributed by atoms with Crippen LogP contribution in [0.15, 0.2) is 30.3 Å². The molecule has 1 fully saturated rings. The van der Waals surface area contributed by atoms with Crippen LogP contribution in [0.4, 0.5) is 8.78 Å². The van der Waals surface area contributed by atoms with Gasteiger partial charge < -0.3 is 0 Å². The van der Waals surface area contributed by atoms with Gasteiger partial charge in [0, 0.05) is 19.5 Å². The summed E-state index contributed by atoms with van der Waals surface area (Å²) in [7, 11) is 0. The van der Waals surface area contributed by atoms with Crippen molar-refractivity contribution in [3.05, 3.63) is 35.9 Å². The molecule has 0 N–H and O–H groups in total. The lowest BCUT2D eigenvalue weighted by molar-refractivity contribution is -0.151. The topological polar surface area (TPSA) is 20.3 Å². The molecule has 0 bridgehead atoms. The summed E-state index contributed by atoms with van der Waals surface area (Å²) >= 11 is 0. The predicted molar refractivity (Wildman–Crippen MR) is 63.5 cm³/mol. The van der Waals surface area contributed by atoms with E-state index in [2.05, 4.69) is 0 Å². The van der Waals surface area contributed by atoms with Crippen LogP contribution in [-0.2, 0) is 11.3 Å². The monoisotopic (exact) mass is 261 g/mol. The first-order chi connectivity index (χ1) is 7.58. The van der Waals surface area contributed by atoms with E-state index >= 15 is 0 Å². The number of benzene rings is 1. The number of hydrogen-bond acceptors (Lipinski definition) is 2. The number of hydrogen-bond donors (Lipinski definition) is 0. The quantitative estimate of drug-likeness (QED) is 0.815. The van der Waals surface area contributed by atoms with Gasteiger partial charge in [0.1, 0.15) is 0 Å². The standard InChI is InChI=1S/C12H13F2NO.ClH/c13-12(14)9-15(7-6-11(12)16)8-10-4-2-1-3-5-10;/h1-5H,6-9H2;1H. The van der Waals surface area contributed by atoms with Crippen LogP contribution in [0.1, 0.15) is 12.0 Å². The number of ketones is 1. The minimum absolute atomic E-state index is 0. The summed E-state index contributed by atoms with van der Waals surface area (Å²) in [5.74, 6) is -4.11. The van der Waals surface area contributed by atoms with Crippen molar-refractivity contribution in [2.75, 3.05) is 13.1 Å². The van der Waals surface area contributed by atoms with Crippen molar-refractivity contribution >= 4 is 18.2 Å². The second-order valence-corrected chi connectivity index (χ2v) is 4.07. The highest BCUT2D eigenvalue weighted by Gasteiger charge is 2.43. The third-order valence-electron chi connectivity index (χ3n) is 2.73. The number of carbonyl (C=O) groups is 1. The Balaban J connectivity index is 0.00000144. The summed E-state index contributed by atoms with van der Waals surface area (Å²) in [6, 6.07) is 9.44. The van der Waals surface area contributed by atoms with Crippen LogP contribution < -0.4 is 0 Å². The average Bonchev–Trinajstić information content (AvgIpc) is 2.25. The highest BCUT2D eigenvalue weighted by atomic mass is 35.5. The van der Waals surface area contributed by atoms with E-state index in [4.69, 9.17) is 0 Å². The summed E-state index contributed by atoms with van der Waals surface area (Å²) in [6.07, 6.45) is -0.0557. The summed E-state index contributed by atoms with van der Waals surface area (Å²) in [6.45, 7) is 0.438. The lowest BCUT2D eigenvalue weighted by atomic mass is 10.0. The van der Waals surface area contributed by atoms with Gasteiger partial charge in [-0.1, -0.05) is 30.3 Å². The Morgan fingerprint density at radius 2 is 1.88 bits per heavy atom. The maximum absolute atomic E-state index is 13.2. The normalized spacial score (nSPS) is 19.8. The smallest absolute Gasteiger partial charge is 0.293 e. The molecule has 0 atom stereocenters. The van der Waals surface area contributed by atoms with Crippen molar-refractivity contribution in [2.24, 2.45) is 0 Å². The number of likely N-dealkylation sites (tertiary alicyclic amines) is 1. The molecule has 0 spiro atoms. The molecule has 0 aromatic heterocycles. The van der Waals surface area contributed by atoms with Gasteiger partial charge in [-0.3, -0.25) is 9.69 Å². The Hall–Kier alpha value is -1.00. The van der Waals surface area contributed by atoms with Crippen molar-refractivity contribution in [3.63, 3.8) is 0 Å². The Morgan fingerprint density at radius 3 is 2.47 bits per heavy atom. The van der Waals surface area contributed by atoms with Crippen LogP contribution in [0.3, 0.4) is 0 Å². The molecule has 1 aromatic rings. The molecule has 94 valence electrons. The second kappa shape index (κ2) is 5.56. The van der Waals surface area contributed by atoms with Gasteiger partial charge in [0.15, 0.2) is 0 Å². The van der Waals surface area contributed by atoms with Crippen LogP contribution in [0, 0.1) is 0 Å². The first-order valence-corrected chi connectivity index (χ1v) is 5.25. The second-order valence-electron chi connectivity index (χ2n) is 4.07. The maximum atomic E-state index is 13.2. The minimum atomic E-state index is -3.17. The van der Waals surface area contributed by atoms with Crippen molar-refractivity contribution in [2.45, 2.75) is 18.9 Å². The van der Waals surface area contributed by atoms with Gasteiger partial charge in [-0.05, 0) is 5.56 Å². The van der Waals surface area contributed by atoms with E-state index in [1.807, 2.05) is 30.3 Å². The van der Waals surface area contributed by atoms with E-state index in [1.165, 1.54) is 0 Å². The number of nitrogens with zero attached hydrogens (tertiary/aromatic N) is 1. The highest BCUT2D eigenvalue weighted by Crippen LogP contribution is 2.24. The molecule has 1 aromatic carbocycles. The molecule has 1 aliphatic heterocycles. The summed E-state index contributed by atoms with van der Waals surface area (Å²) in [5, 5.41) is 0. The largest absolute Gasteiger partial charge is 0.317 e. The van der Waals surface area contributed by atoms with Crippen molar-refractivity contribution in [1.82, 2.24) is 4.90 Å². The van der Waals surface area contributed by atoms with Gasteiger partial charge in [0.05, 0.1) is 6.54 Å². The molecule has 0 saturated carbocycles. The number of piperidine rings is 1. The molecular formula is C12H14ClF2NO. The fraction of sp³-hybridized carbons (Fsp3) is 0.417. The minimum Gasteiger partial charge on any atom is -0.293 e. The maximum Gasteiger partial charge on any atom is 0.317 e. The zero-order valence-electron chi connectivity index (χ0n) is 9.23. The first-order valence-electron chi connectivity index (χ1n) is 5.25. The Kier molecular flexibility index (Phi) is 4.60. The molecule has 2 nitrogen and oxygen atoms in total. The Labute approximate surface area is 105 Å². The number of rotatable bonds is 2. The Bertz CT molecular complexity index is 383. The zero-order valence-corrected chi connectivity index (χ0v) is 10.1. The van der Waals surface area contributed by atoms with E-state index in [0.29, 0.717) is 13.1 Å². The van der Waals surface area contributed by atoms with Crippen LogP contribution in [-0.4, -0.2) is 29.7 Å². The van der Waals surface area contributed by atoms with E-state index < -0.39 is 18.3 Å². The summed E-state index contributed by atoms with van der Waals surface area (Å²) < 4.78 is 26.3. The van der Waals surface area contributed by atoms with Crippen LogP contribution in [0.5, 0.6) is 0 Å². The van der Waals surface area contributed by atoms with Crippen LogP contribution in [0.25, 0.3) is 0 Å². The van der Waals surface area contributed by atoms with Gasteiger partial charge in [0.2, 0.25) is 5.78 Å². The summed E-state index contributed by atoms with van der Waals surface area (Å²) in [4.78, 5) is 12.6. The molecule has 1 heterocycles. The summed E-state index contributed by atoms with van der Waals surface area (Å²) in [5.41, 5.74) is 0.993. The third kappa shape index (κ3) is 3.48. The molecule has 2 rings (SSSR count). The molecule has 0 amide bonds. The lowest BCUT2D eigenvalue weighted by Gasteiger charge is -2.31. The van der Waals surface area contributed by atoms with Crippen molar-refractivity contribution < 1.29 is 13.6 Å². The zero-order chi connectivity index (χ0) is 11.6. The van der Waals surface area contributed by atoms with Crippen LogP contribution in [0.2, 0.25) is 0 Å². The lowest BCUT2D eigenvalue weighted by Crippen LogP contribution is -2.48. The molecule has 0 aliphatic carbocycles. The van der Waals surface area contributed by atoms with E-state index in [-0.39, 0.29) is 18.8 Å². The molecule has 0 radical (unpaired) electrons. The molecular weight excluding hydrogens is 248 g/mol. The highest BCUT2D eigenvalue weighted by molar-refractivity contribution is 5.86. The molecule has 0 unspecified atom stereocenters. The third-order valence-corrected chi connectivity index (χ3v) is 2.73. The molecule has 1 saturated heterocycles. The number of alkyl halides is 2. The van der Waals surface area contributed by atoms with Crippen molar-refractivity contribution in [1.29, 1.82) is 0 Å². The van der Waals surface area contributed by atoms with Crippen LogP contribution >= 0.6 is 12.4 Å². The van der Waals surface area contributed by atoms with Gasteiger partial charge in [-0.15, -0.1) is 12.4 Å². The molecule has 1 aliphatic rings. The number of carbonyl (C=O) groups excluding carboxylic acids is 1. The van der Waals surface area contributed by atoms with Gasteiger partial charge in [0.25, 0.3) is 0 Å². The fourth-order valence-electron chi connectivity index (χ4n) is 1.87. The number of halogens is 3. The molecule has 5 heteroatoms. The SMILES string of the molecule is Cl.O=C1CCN(Cc2ccccc2)CC1(F)F. The Morgan fingerprint density at radius 1 is 1.24 bits per heavy atom. The fourth-order valence-corrected chi connectivity index (χ4v) is 1.87. The van der Waals surface area contributed by atoms with Gasteiger partial charge in [-0.25, -0.2) is 0 Å². The average molecular weight is 262 g/mol. The van der Waals surface area contributed by atoms with Gasteiger partial charge >= 0.3 is 5.92 Å². The predicted octanol–water partition coefficient (Wildman–Crippen LogP) is 2.52. The van der Waals surface area contributed by atoms with E-state index in [1.54, 1.807) is 4.90 Å². The van der Waals surface area contributed by atoms with E-state index in [9.17, 15) is 13.6 Å².